The van der Waals surface area contributed by atoms with Gasteiger partial charge in [-0.05, 0) is 56.5 Å². The summed E-state index contributed by atoms with van der Waals surface area (Å²) >= 11 is 9.79. The maximum absolute atomic E-state index is 12.7. The summed E-state index contributed by atoms with van der Waals surface area (Å²) in [5.74, 6) is 0.832. The maximum Gasteiger partial charge on any atom is 0.340 e. The van der Waals surface area contributed by atoms with E-state index >= 15 is 0 Å². The molecule has 3 heterocycles. The fraction of sp³-hybridized carbons (Fsp3) is 0.278. The van der Waals surface area contributed by atoms with Gasteiger partial charge >= 0.3 is 5.97 Å². The lowest BCUT2D eigenvalue weighted by Crippen LogP contribution is -2.08. The van der Waals surface area contributed by atoms with Crippen molar-refractivity contribution in [3.8, 4) is 5.75 Å². The number of carbonyl (C=O) groups excluding carboxylic acids is 1. The van der Waals surface area contributed by atoms with Gasteiger partial charge in [-0.1, -0.05) is 0 Å². The molecule has 2 N–H and O–H groups in total. The van der Waals surface area contributed by atoms with Crippen molar-refractivity contribution in [3.63, 3.8) is 0 Å². The zero-order chi connectivity index (χ0) is 21.3. The molecule has 0 saturated carbocycles. The smallest absolute Gasteiger partial charge is 0.340 e. The number of aromatic nitrogens is 5. The van der Waals surface area contributed by atoms with Crippen LogP contribution in [0.2, 0.25) is 0 Å². The van der Waals surface area contributed by atoms with Crippen LogP contribution >= 0.6 is 24.4 Å². The minimum absolute atomic E-state index is 0.0842. The molecule has 0 aliphatic rings. The van der Waals surface area contributed by atoms with Gasteiger partial charge in [0.2, 0.25) is 5.89 Å². The van der Waals surface area contributed by atoms with Gasteiger partial charge in [0, 0.05) is 16.6 Å². The van der Waals surface area contributed by atoms with Crippen molar-refractivity contribution < 1.29 is 23.1 Å². The first kappa shape index (κ1) is 20.0. The van der Waals surface area contributed by atoms with Gasteiger partial charge in [0.15, 0.2) is 6.61 Å². The molecule has 0 bridgehead atoms. The molecule has 0 unspecified atom stereocenters. The molecule has 156 valence electrons. The summed E-state index contributed by atoms with van der Waals surface area (Å²) in [5.41, 5.74) is 1.95. The largest absolute Gasteiger partial charge is 0.484 e. The van der Waals surface area contributed by atoms with Crippen LogP contribution in [-0.2, 0) is 17.9 Å². The Hall–Kier alpha value is -3.25. The Balaban J connectivity index is 1.74. The lowest BCUT2D eigenvalue weighted by Gasteiger charge is -2.06. The minimum atomic E-state index is -0.420. The lowest BCUT2D eigenvalue weighted by atomic mass is 10.1. The van der Waals surface area contributed by atoms with E-state index in [0.29, 0.717) is 40.7 Å². The van der Waals surface area contributed by atoms with Gasteiger partial charge in [-0.25, -0.2) is 15.0 Å². The van der Waals surface area contributed by atoms with Crippen LogP contribution in [0.3, 0.4) is 0 Å². The van der Waals surface area contributed by atoms with E-state index in [2.05, 4.69) is 20.4 Å². The van der Waals surface area contributed by atoms with Crippen molar-refractivity contribution in [2.75, 3.05) is 6.61 Å². The molecule has 4 aromatic rings. The average Bonchev–Trinajstić information content (AvgIpc) is 3.39. The van der Waals surface area contributed by atoms with E-state index < -0.39 is 5.97 Å². The Kier molecular flexibility index (Phi) is 5.50. The third kappa shape index (κ3) is 3.91. The highest BCUT2D eigenvalue weighted by atomic mass is 32.1. The second-order valence-electron chi connectivity index (χ2n) is 6.25. The van der Waals surface area contributed by atoms with Crippen molar-refractivity contribution in [3.05, 3.63) is 50.9 Å². The first-order valence-electron chi connectivity index (χ1n) is 8.97. The number of fused-ring (bicyclic) bond motifs is 1. The number of aromatic amines is 2. The highest BCUT2D eigenvalue weighted by Gasteiger charge is 2.22. The minimum Gasteiger partial charge on any atom is -0.484 e. The Morgan fingerprint density at radius 1 is 1.17 bits per heavy atom. The molecule has 0 amide bonds. The van der Waals surface area contributed by atoms with Gasteiger partial charge in [-0.2, -0.15) is 0 Å². The van der Waals surface area contributed by atoms with Gasteiger partial charge in [0.05, 0.1) is 12.2 Å². The molecule has 10 nitrogen and oxygen atoms in total. The molecule has 1 aromatic carbocycles. The van der Waals surface area contributed by atoms with Gasteiger partial charge in [0.25, 0.3) is 15.6 Å². The second kappa shape index (κ2) is 8.24. The summed E-state index contributed by atoms with van der Waals surface area (Å²) in [6.07, 6.45) is 0. The summed E-state index contributed by atoms with van der Waals surface area (Å²) < 4.78 is 23.5. The number of benzene rings is 1. The Bertz CT molecular complexity index is 1330. The number of nitrogens with one attached hydrogen (secondary N) is 2. The molecule has 0 radical (unpaired) electrons. The highest BCUT2D eigenvalue weighted by molar-refractivity contribution is 7.71. The van der Waals surface area contributed by atoms with Crippen LogP contribution in [0.15, 0.2) is 27.0 Å². The Morgan fingerprint density at radius 2 is 1.87 bits per heavy atom. The van der Waals surface area contributed by atoms with E-state index in [1.165, 1.54) is 0 Å². The van der Waals surface area contributed by atoms with Crippen molar-refractivity contribution in [1.29, 1.82) is 0 Å². The standard InChI is InChI=1S/C18H17N5O5S2/c1-3-25-16(24)15-9(2)23(7-13-19-21-17(29)27-13)12-5-4-10(6-11(12)15)26-8-14-20-22-18(30)28-14/h4-6H,3,7-8H2,1-2H3,(H,21,29)(H,22,30). The fourth-order valence-corrected chi connectivity index (χ4v) is 3.43. The van der Waals surface area contributed by atoms with E-state index in [4.69, 9.17) is 42.7 Å². The normalized spacial score (nSPS) is 11.1. The topological polar surface area (TPSA) is 124 Å². The van der Waals surface area contributed by atoms with Crippen LogP contribution in [-0.4, -0.2) is 37.5 Å². The van der Waals surface area contributed by atoms with Gasteiger partial charge in [-0.15, -0.1) is 10.2 Å². The number of rotatable bonds is 7. The molecule has 0 spiro atoms. The fourth-order valence-electron chi connectivity index (χ4n) is 3.15. The van der Waals surface area contributed by atoms with Crippen LogP contribution in [0.25, 0.3) is 10.9 Å². The van der Waals surface area contributed by atoms with Crippen LogP contribution in [0, 0.1) is 16.6 Å². The van der Waals surface area contributed by atoms with Gasteiger partial charge in [-0.3, -0.25) is 0 Å². The predicted molar refractivity (Wildman–Crippen MR) is 109 cm³/mol. The first-order chi connectivity index (χ1) is 14.5. The van der Waals surface area contributed by atoms with Crippen LogP contribution in [0.4, 0.5) is 0 Å². The van der Waals surface area contributed by atoms with Crippen molar-refractivity contribution >= 4 is 41.3 Å². The van der Waals surface area contributed by atoms with Crippen LogP contribution in [0.1, 0.15) is 34.8 Å². The molecule has 0 aliphatic heterocycles. The number of H-pyrrole nitrogens is 2. The van der Waals surface area contributed by atoms with E-state index in [1.807, 2.05) is 17.6 Å². The van der Waals surface area contributed by atoms with Crippen LogP contribution < -0.4 is 4.74 Å². The van der Waals surface area contributed by atoms with E-state index in [-0.39, 0.29) is 22.9 Å². The number of hydrogen-bond donors (Lipinski definition) is 2. The summed E-state index contributed by atoms with van der Waals surface area (Å²) in [7, 11) is 0. The number of hydrogen-bond acceptors (Lipinski definition) is 9. The number of nitrogens with zero attached hydrogens (tertiary/aromatic N) is 3. The zero-order valence-corrected chi connectivity index (χ0v) is 17.7. The summed E-state index contributed by atoms with van der Waals surface area (Å²) in [6.45, 7) is 4.24. The second-order valence-corrected chi connectivity index (χ2v) is 6.99. The molecule has 0 fully saturated rings. The third-order valence-electron chi connectivity index (χ3n) is 4.39. The van der Waals surface area contributed by atoms with E-state index in [1.54, 1.807) is 19.1 Å². The molecule has 3 aromatic heterocycles. The predicted octanol–water partition coefficient (Wildman–Crippen LogP) is 3.84. The molecule has 0 atom stereocenters. The first-order valence-corrected chi connectivity index (χ1v) is 9.79. The molecule has 0 saturated heterocycles. The zero-order valence-electron chi connectivity index (χ0n) is 16.1. The number of esters is 1. The lowest BCUT2D eigenvalue weighted by molar-refractivity contribution is 0.0527. The Morgan fingerprint density at radius 3 is 2.50 bits per heavy atom. The maximum atomic E-state index is 12.7. The van der Waals surface area contributed by atoms with E-state index in [9.17, 15) is 4.79 Å². The van der Waals surface area contributed by atoms with Crippen molar-refractivity contribution in [1.82, 2.24) is 25.0 Å². The Labute approximate surface area is 179 Å². The molecule has 30 heavy (non-hydrogen) atoms. The third-order valence-corrected chi connectivity index (χ3v) is 4.74. The SMILES string of the molecule is CCOC(=O)c1c(C)n(Cc2n[nH]c(=S)o2)c2ccc(OCc3n[nH]c(=S)o3)cc12. The van der Waals surface area contributed by atoms with Crippen LogP contribution in [0.5, 0.6) is 5.75 Å². The molecular weight excluding hydrogens is 430 g/mol. The molecule has 4 rings (SSSR count). The van der Waals surface area contributed by atoms with Gasteiger partial charge in [0.1, 0.15) is 12.3 Å². The van der Waals surface area contributed by atoms with E-state index in [0.717, 1.165) is 5.52 Å². The van der Waals surface area contributed by atoms with Gasteiger partial charge < -0.3 is 22.9 Å². The summed E-state index contributed by atoms with van der Waals surface area (Å²) in [4.78, 5) is 13.0. The summed E-state index contributed by atoms with van der Waals surface area (Å²) in [5, 5.41) is 13.8. The summed E-state index contributed by atoms with van der Waals surface area (Å²) in [6, 6.07) is 5.41. The molecule has 0 aliphatic carbocycles. The number of carbonyl (C=O) groups is 1. The molecular formula is C18H17N5O5S2. The highest BCUT2D eigenvalue weighted by Crippen LogP contribution is 2.31. The van der Waals surface area contributed by atoms with Crippen molar-refractivity contribution in [2.24, 2.45) is 0 Å². The average molecular weight is 447 g/mol. The van der Waals surface area contributed by atoms with Crippen molar-refractivity contribution in [2.45, 2.75) is 27.0 Å². The monoisotopic (exact) mass is 447 g/mol. The number of ether oxygens (including phenoxy) is 2. The quantitative estimate of drug-likeness (QED) is 0.321. The molecule has 12 heteroatoms.